The molecule has 0 spiro atoms. The van der Waals surface area contributed by atoms with Crippen molar-refractivity contribution < 1.29 is 17.9 Å². The van der Waals surface area contributed by atoms with Crippen LogP contribution in [0.15, 0.2) is 29.2 Å². The molecule has 0 bridgehead atoms. The molecule has 2 atom stereocenters. The second-order valence-electron chi connectivity index (χ2n) is 3.93. The maximum absolute atomic E-state index is 12.1. The van der Waals surface area contributed by atoms with E-state index in [-0.39, 0.29) is 11.4 Å². The van der Waals surface area contributed by atoms with Gasteiger partial charge in [-0.3, -0.25) is 4.79 Å². The molecule has 6 heteroatoms. The highest BCUT2D eigenvalue weighted by atomic mass is 32.2. The van der Waals surface area contributed by atoms with E-state index in [1.54, 1.807) is 12.1 Å². The van der Waals surface area contributed by atoms with Gasteiger partial charge < -0.3 is 4.74 Å². The van der Waals surface area contributed by atoms with E-state index in [0.29, 0.717) is 0 Å². The Bertz CT molecular complexity index is 535. The third-order valence-electron chi connectivity index (χ3n) is 2.67. The Morgan fingerprint density at radius 1 is 1.35 bits per heavy atom. The lowest BCUT2D eigenvalue weighted by molar-refractivity contribution is -0.140. The molecule has 1 aromatic carbocycles. The molecular formula is C11H13NO4S. The van der Waals surface area contributed by atoms with E-state index in [1.165, 1.54) is 19.2 Å². The summed E-state index contributed by atoms with van der Waals surface area (Å²) in [6, 6.07) is 5.87. The fraction of sp³-hybridized carbons (Fsp3) is 0.364. The SMILES string of the molecule is COC(=O)[C@H]1CN1S(=O)(=O)c1ccc(C)cc1. The van der Waals surface area contributed by atoms with Crippen LogP contribution in [0.25, 0.3) is 0 Å². The number of rotatable bonds is 3. The predicted octanol–water partition coefficient (Wildman–Crippen LogP) is 0.541. The minimum atomic E-state index is -3.55. The van der Waals surface area contributed by atoms with Crippen molar-refractivity contribution in [3.8, 4) is 0 Å². The van der Waals surface area contributed by atoms with E-state index in [1.807, 2.05) is 6.92 Å². The van der Waals surface area contributed by atoms with Crippen molar-refractivity contribution in [2.75, 3.05) is 13.7 Å². The Kier molecular flexibility index (Phi) is 2.92. The molecule has 1 saturated heterocycles. The second-order valence-corrected chi connectivity index (χ2v) is 5.82. The Morgan fingerprint density at radius 2 is 1.94 bits per heavy atom. The van der Waals surface area contributed by atoms with E-state index >= 15 is 0 Å². The van der Waals surface area contributed by atoms with Crippen molar-refractivity contribution >= 4 is 16.0 Å². The zero-order chi connectivity index (χ0) is 12.6. The fourth-order valence-corrected chi connectivity index (χ4v) is 3.07. The van der Waals surface area contributed by atoms with Crippen LogP contribution in [-0.4, -0.2) is 38.4 Å². The number of carbonyl (C=O) groups excluding carboxylic acids is 1. The summed E-state index contributed by atoms with van der Waals surface area (Å²) in [5.74, 6) is -0.513. The fourth-order valence-electron chi connectivity index (χ4n) is 1.56. The molecule has 1 aliphatic rings. The first-order chi connectivity index (χ1) is 7.96. The average molecular weight is 255 g/mol. The van der Waals surface area contributed by atoms with Gasteiger partial charge >= 0.3 is 5.97 Å². The van der Waals surface area contributed by atoms with Gasteiger partial charge in [-0.15, -0.1) is 0 Å². The molecule has 0 N–H and O–H groups in total. The van der Waals surface area contributed by atoms with Crippen LogP contribution < -0.4 is 0 Å². The minimum Gasteiger partial charge on any atom is -0.468 e. The van der Waals surface area contributed by atoms with Crippen LogP contribution in [0.2, 0.25) is 0 Å². The Labute approximate surface area is 100 Å². The van der Waals surface area contributed by atoms with Crippen LogP contribution in [0.3, 0.4) is 0 Å². The standard InChI is InChI=1S/C11H13NO4S/c1-8-3-5-9(6-4-8)17(14,15)12-7-10(12)11(13)16-2/h3-6,10H,7H2,1-2H3/t10-,12?/m1/s1. The Balaban J connectivity index is 2.22. The highest BCUT2D eigenvalue weighted by molar-refractivity contribution is 7.89. The molecule has 0 aromatic heterocycles. The summed E-state index contributed by atoms with van der Waals surface area (Å²) in [7, 11) is -2.31. The zero-order valence-electron chi connectivity index (χ0n) is 9.58. The molecule has 0 saturated carbocycles. The topological polar surface area (TPSA) is 63.5 Å². The van der Waals surface area contributed by atoms with Gasteiger partial charge in [-0.2, -0.15) is 4.31 Å². The Hall–Kier alpha value is -1.40. The first kappa shape index (κ1) is 12.1. The number of carbonyl (C=O) groups is 1. The number of aryl methyl sites for hydroxylation is 1. The number of sulfonamides is 1. The summed E-state index contributed by atoms with van der Waals surface area (Å²) in [6.07, 6.45) is 0. The summed E-state index contributed by atoms with van der Waals surface area (Å²) in [6.45, 7) is 2.08. The molecule has 1 unspecified atom stereocenters. The normalized spacial score (nSPS) is 23.2. The number of nitrogens with zero attached hydrogens (tertiary/aromatic N) is 1. The van der Waals surface area contributed by atoms with Gasteiger partial charge in [-0.1, -0.05) is 17.7 Å². The van der Waals surface area contributed by atoms with E-state index in [0.717, 1.165) is 9.87 Å². The Morgan fingerprint density at radius 3 is 2.47 bits per heavy atom. The van der Waals surface area contributed by atoms with Crippen LogP contribution in [0.5, 0.6) is 0 Å². The van der Waals surface area contributed by atoms with E-state index in [9.17, 15) is 13.2 Å². The maximum Gasteiger partial charge on any atom is 0.325 e. The molecule has 1 heterocycles. The van der Waals surface area contributed by atoms with Crippen molar-refractivity contribution in [1.29, 1.82) is 0 Å². The molecule has 0 radical (unpaired) electrons. The van der Waals surface area contributed by atoms with Gasteiger partial charge in [-0.05, 0) is 19.1 Å². The second kappa shape index (κ2) is 4.12. The number of benzene rings is 1. The van der Waals surface area contributed by atoms with Gasteiger partial charge in [0.25, 0.3) is 0 Å². The largest absolute Gasteiger partial charge is 0.468 e. The van der Waals surface area contributed by atoms with Crippen LogP contribution >= 0.6 is 0 Å². The molecule has 92 valence electrons. The van der Waals surface area contributed by atoms with E-state index in [4.69, 9.17) is 0 Å². The van der Waals surface area contributed by atoms with Crippen molar-refractivity contribution in [1.82, 2.24) is 4.31 Å². The summed E-state index contributed by atoms with van der Waals surface area (Å²) in [5.41, 5.74) is 0.985. The third kappa shape index (κ3) is 2.18. The van der Waals surface area contributed by atoms with Gasteiger partial charge in [0.15, 0.2) is 0 Å². The van der Waals surface area contributed by atoms with E-state index in [2.05, 4.69) is 4.74 Å². The number of hydrogen-bond donors (Lipinski definition) is 0. The molecule has 1 aliphatic heterocycles. The smallest absolute Gasteiger partial charge is 0.325 e. The summed E-state index contributed by atoms with van der Waals surface area (Å²) in [4.78, 5) is 11.4. The molecular weight excluding hydrogens is 242 g/mol. The van der Waals surface area contributed by atoms with Gasteiger partial charge in [0.1, 0.15) is 6.04 Å². The number of hydrogen-bond acceptors (Lipinski definition) is 4. The van der Waals surface area contributed by atoms with Gasteiger partial charge in [0.05, 0.1) is 12.0 Å². The lowest BCUT2D eigenvalue weighted by Gasteiger charge is -2.05. The average Bonchev–Trinajstić information content (AvgIpc) is 3.09. The minimum absolute atomic E-state index is 0.197. The van der Waals surface area contributed by atoms with Crippen LogP contribution in [-0.2, 0) is 19.6 Å². The van der Waals surface area contributed by atoms with Crippen molar-refractivity contribution in [3.63, 3.8) is 0 Å². The third-order valence-corrected chi connectivity index (χ3v) is 4.56. The first-order valence-electron chi connectivity index (χ1n) is 5.13. The van der Waals surface area contributed by atoms with Crippen molar-refractivity contribution in [2.45, 2.75) is 17.9 Å². The zero-order valence-corrected chi connectivity index (χ0v) is 10.4. The maximum atomic E-state index is 12.1. The highest BCUT2D eigenvalue weighted by Crippen LogP contribution is 2.28. The number of methoxy groups -OCH3 is 1. The lowest BCUT2D eigenvalue weighted by Crippen LogP contribution is -2.20. The molecule has 0 aliphatic carbocycles. The highest BCUT2D eigenvalue weighted by Gasteiger charge is 2.50. The van der Waals surface area contributed by atoms with Gasteiger partial charge in [0, 0.05) is 6.54 Å². The molecule has 17 heavy (non-hydrogen) atoms. The number of esters is 1. The van der Waals surface area contributed by atoms with E-state index < -0.39 is 22.0 Å². The van der Waals surface area contributed by atoms with Crippen LogP contribution in [0, 0.1) is 6.92 Å². The first-order valence-corrected chi connectivity index (χ1v) is 6.57. The summed E-state index contributed by atoms with van der Waals surface area (Å²) >= 11 is 0. The van der Waals surface area contributed by atoms with Crippen LogP contribution in [0.4, 0.5) is 0 Å². The quantitative estimate of drug-likeness (QED) is 0.584. The lowest BCUT2D eigenvalue weighted by atomic mass is 10.2. The van der Waals surface area contributed by atoms with Gasteiger partial charge in [-0.25, -0.2) is 8.42 Å². The molecule has 0 amide bonds. The molecule has 2 rings (SSSR count). The van der Waals surface area contributed by atoms with Crippen LogP contribution in [0.1, 0.15) is 5.56 Å². The summed E-state index contributed by atoms with van der Waals surface area (Å²) < 4.78 is 29.7. The molecule has 5 nitrogen and oxygen atoms in total. The van der Waals surface area contributed by atoms with Crippen molar-refractivity contribution in [3.05, 3.63) is 29.8 Å². The monoisotopic (exact) mass is 255 g/mol. The predicted molar refractivity (Wildman–Crippen MR) is 60.9 cm³/mol. The molecule has 1 aromatic rings. The number of ether oxygens (including phenoxy) is 1. The summed E-state index contributed by atoms with van der Waals surface area (Å²) in [5, 5.41) is 0. The van der Waals surface area contributed by atoms with Gasteiger partial charge in [0.2, 0.25) is 10.0 Å². The molecule has 1 fully saturated rings. The van der Waals surface area contributed by atoms with Crippen molar-refractivity contribution in [2.24, 2.45) is 0 Å².